The molecule has 1 aromatic carbocycles. The molecular weight excluding hydrogens is 417 g/mol. The predicted octanol–water partition coefficient (Wildman–Crippen LogP) is 3.56. The van der Waals surface area contributed by atoms with E-state index in [1.165, 1.54) is 12.6 Å². The molecule has 0 radical (unpaired) electrons. The number of piperidine rings is 1. The minimum atomic E-state index is -0.267. The summed E-state index contributed by atoms with van der Waals surface area (Å²) in [5.74, 6) is -0.285. The van der Waals surface area contributed by atoms with Crippen molar-refractivity contribution in [1.29, 1.82) is 0 Å². The van der Waals surface area contributed by atoms with Gasteiger partial charge in [0.15, 0.2) is 0 Å². The van der Waals surface area contributed by atoms with Crippen LogP contribution in [0.25, 0.3) is 0 Å². The van der Waals surface area contributed by atoms with E-state index in [1.54, 1.807) is 24.4 Å². The number of benzene rings is 1. The molecule has 2 aromatic rings. The van der Waals surface area contributed by atoms with Crippen molar-refractivity contribution in [2.24, 2.45) is 0 Å². The predicted molar refractivity (Wildman–Crippen MR) is 101 cm³/mol. The Kier molecular flexibility index (Phi) is 5.44. The molecule has 6 heteroatoms. The van der Waals surface area contributed by atoms with Gasteiger partial charge in [-0.25, -0.2) is 0 Å². The highest BCUT2D eigenvalue weighted by Crippen LogP contribution is 2.23. The lowest BCUT2D eigenvalue weighted by atomic mass is 10.1. The van der Waals surface area contributed by atoms with Gasteiger partial charge in [-0.3, -0.25) is 14.6 Å². The maximum absolute atomic E-state index is 12.8. The number of amides is 2. The van der Waals surface area contributed by atoms with Crippen LogP contribution in [0.5, 0.6) is 0 Å². The van der Waals surface area contributed by atoms with Crippen molar-refractivity contribution in [3.8, 4) is 0 Å². The summed E-state index contributed by atoms with van der Waals surface area (Å²) in [6.07, 6.45) is 6.36. The third-order valence-electron chi connectivity index (χ3n) is 4.03. The number of hydrogen-bond donors (Lipinski definition) is 1. The second kappa shape index (κ2) is 7.74. The van der Waals surface area contributed by atoms with E-state index in [0.717, 1.165) is 29.5 Å². The van der Waals surface area contributed by atoms with Gasteiger partial charge in [0.05, 0.1) is 16.8 Å². The lowest BCUT2D eigenvalue weighted by Gasteiger charge is -2.27. The van der Waals surface area contributed by atoms with Crippen LogP contribution >= 0.6 is 22.6 Å². The molecule has 5 nitrogen and oxygen atoms in total. The molecule has 0 spiro atoms. The zero-order valence-electron chi connectivity index (χ0n) is 13.2. The standard InChI is InChI=1S/C18H18IN3O2/c19-14-6-7-16(21-17(23)13-5-4-8-20-12-13)15(11-14)18(24)22-9-2-1-3-10-22/h4-8,11-12H,1-3,9-10H2,(H,21,23). The number of pyridine rings is 1. The summed E-state index contributed by atoms with van der Waals surface area (Å²) >= 11 is 2.18. The molecule has 1 aliphatic rings. The Labute approximate surface area is 154 Å². The van der Waals surface area contributed by atoms with Crippen molar-refractivity contribution in [3.05, 3.63) is 57.4 Å². The van der Waals surface area contributed by atoms with E-state index in [9.17, 15) is 9.59 Å². The maximum atomic E-state index is 12.8. The molecule has 2 heterocycles. The van der Waals surface area contributed by atoms with Crippen LogP contribution in [0, 0.1) is 3.57 Å². The summed E-state index contributed by atoms with van der Waals surface area (Å²) in [4.78, 5) is 31.0. The highest BCUT2D eigenvalue weighted by molar-refractivity contribution is 14.1. The van der Waals surface area contributed by atoms with Crippen molar-refractivity contribution in [2.75, 3.05) is 18.4 Å². The third kappa shape index (κ3) is 3.92. The van der Waals surface area contributed by atoms with Gasteiger partial charge in [0.1, 0.15) is 0 Å². The van der Waals surface area contributed by atoms with Gasteiger partial charge in [-0.05, 0) is 72.2 Å². The second-order valence-corrected chi connectivity index (χ2v) is 6.98. The molecule has 0 unspecified atom stereocenters. The summed E-state index contributed by atoms with van der Waals surface area (Å²) in [5.41, 5.74) is 1.55. The number of nitrogens with one attached hydrogen (secondary N) is 1. The molecule has 2 amide bonds. The number of halogens is 1. The smallest absolute Gasteiger partial charge is 0.257 e. The Morgan fingerprint density at radius 3 is 2.62 bits per heavy atom. The number of carbonyl (C=O) groups is 2. The van der Waals surface area contributed by atoms with Crippen molar-refractivity contribution < 1.29 is 9.59 Å². The van der Waals surface area contributed by atoms with Gasteiger partial charge >= 0.3 is 0 Å². The van der Waals surface area contributed by atoms with E-state index in [2.05, 4.69) is 32.9 Å². The molecule has 0 aliphatic carbocycles. The van der Waals surface area contributed by atoms with Crippen LogP contribution < -0.4 is 5.32 Å². The van der Waals surface area contributed by atoms with Crippen molar-refractivity contribution in [3.63, 3.8) is 0 Å². The first-order valence-corrected chi connectivity index (χ1v) is 9.03. The van der Waals surface area contributed by atoms with Crippen LogP contribution in [-0.2, 0) is 0 Å². The van der Waals surface area contributed by atoms with Crippen LogP contribution in [0.1, 0.15) is 40.0 Å². The van der Waals surface area contributed by atoms with E-state index < -0.39 is 0 Å². The Morgan fingerprint density at radius 2 is 1.92 bits per heavy atom. The van der Waals surface area contributed by atoms with Crippen LogP contribution in [0.2, 0.25) is 0 Å². The molecule has 124 valence electrons. The van der Waals surface area contributed by atoms with Crippen molar-refractivity contribution in [2.45, 2.75) is 19.3 Å². The topological polar surface area (TPSA) is 62.3 Å². The quantitative estimate of drug-likeness (QED) is 0.751. The fraction of sp³-hybridized carbons (Fsp3) is 0.278. The van der Waals surface area contributed by atoms with E-state index in [4.69, 9.17) is 0 Å². The molecule has 1 saturated heterocycles. The highest BCUT2D eigenvalue weighted by atomic mass is 127. The molecule has 1 aliphatic heterocycles. The minimum Gasteiger partial charge on any atom is -0.339 e. The number of nitrogens with zero attached hydrogens (tertiary/aromatic N) is 2. The van der Waals surface area contributed by atoms with Crippen molar-refractivity contribution in [1.82, 2.24) is 9.88 Å². The number of carbonyl (C=O) groups excluding carboxylic acids is 2. The molecule has 0 atom stereocenters. The number of hydrogen-bond acceptors (Lipinski definition) is 3. The molecule has 3 rings (SSSR count). The molecule has 24 heavy (non-hydrogen) atoms. The summed E-state index contributed by atoms with van der Waals surface area (Å²) in [6, 6.07) is 8.90. The summed E-state index contributed by atoms with van der Waals surface area (Å²) in [7, 11) is 0. The zero-order valence-corrected chi connectivity index (χ0v) is 15.3. The lowest BCUT2D eigenvalue weighted by Crippen LogP contribution is -2.36. The lowest BCUT2D eigenvalue weighted by molar-refractivity contribution is 0.0725. The van der Waals surface area contributed by atoms with E-state index in [0.29, 0.717) is 16.8 Å². The Bertz CT molecular complexity index is 743. The summed E-state index contributed by atoms with van der Waals surface area (Å²) < 4.78 is 0.965. The third-order valence-corrected chi connectivity index (χ3v) is 4.70. The zero-order chi connectivity index (χ0) is 16.9. The SMILES string of the molecule is O=C(Nc1ccc(I)cc1C(=O)N1CCCCC1)c1cccnc1. The van der Waals surface area contributed by atoms with Gasteiger partial charge in [-0.15, -0.1) is 0 Å². The van der Waals surface area contributed by atoms with Gasteiger partial charge in [0.2, 0.25) is 0 Å². The fourth-order valence-electron chi connectivity index (χ4n) is 2.76. The molecule has 0 bridgehead atoms. The number of rotatable bonds is 3. The summed E-state index contributed by atoms with van der Waals surface area (Å²) in [5, 5.41) is 2.84. The first-order chi connectivity index (χ1) is 11.6. The molecule has 1 N–H and O–H groups in total. The minimum absolute atomic E-state index is 0.0188. The van der Waals surface area contributed by atoms with Crippen LogP contribution in [0.4, 0.5) is 5.69 Å². The van der Waals surface area contributed by atoms with Gasteiger partial charge in [0, 0.05) is 29.1 Å². The Morgan fingerprint density at radius 1 is 1.12 bits per heavy atom. The van der Waals surface area contributed by atoms with Crippen LogP contribution in [0.15, 0.2) is 42.7 Å². The maximum Gasteiger partial charge on any atom is 0.257 e. The number of anilines is 1. The molecule has 0 saturated carbocycles. The fourth-order valence-corrected chi connectivity index (χ4v) is 3.25. The first-order valence-electron chi connectivity index (χ1n) is 7.95. The average molecular weight is 435 g/mol. The highest BCUT2D eigenvalue weighted by Gasteiger charge is 2.22. The van der Waals surface area contributed by atoms with Crippen LogP contribution in [0.3, 0.4) is 0 Å². The first kappa shape index (κ1) is 16.9. The molecule has 1 fully saturated rings. The van der Waals surface area contributed by atoms with Gasteiger partial charge < -0.3 is 10.2 Å². The van der Waals surface area contributed by atoms with Crippen molar-refractivity contribution >= 4 is 40.1 Å². The largest absolute Gasteiger partial charge is 0.339 e. The number of likely N-dealkylation sites (tertiary alicyclic amines) is 1. The van der Waals surface area contributed by atoms with E-state index in [1.807, 2.05) is 17.0 Å². The average Bonchev–Trinajstić information content (AvgIpc) is 2.64. The monoisotopic (exact) mass is 435 g/mol. The molecular formula is C18H18IN3O2. The Balaban J connectivity index is 1.85. The van der Waals surface area contributed by atoms with E-state index in [-0.39, 0.29) is 11.8 Å². The van der Waals surface area contributed by atoms with Crippen LogP contribution in [-0.4, -0.2) is 34.8 Å². The Hall–Kier alpha value is -1.96. The van der Waals surface area contributed by atoms with E-state index >= 15 is 0 Å². The summed E-state index contributed by atoms with van der Waals surface area (Å²) in [6.45, 7) is 1.56. The van der Waals surface area contributed by atoms with Gasteiger partial charge in [0.25, 0.3) is 11.8 Å². The van der Waals surface area contributed by atoms with Gasteiger partial charge in [-0.2, -0.15) is 0 Å². The van der Waals surface area contributed by atoms with Gasteiger partial charge in [-0.1, -0.05) is 0 Å². The normalized spacial score (nSPS) is 14.3. The second-order valence-electron chi connectivity index (χ2n) is 5.74. The number of aromatic nitrogens is 1. The molecule has 1 aromatic heterocycles.